The van der Waals surface area contributed by atoms with Gasteiger partial charge in [-0.15, -0.1) is 0 Å². The fourth-order valence-corrected chi connectivity index (χ4v) is 4.17. The summed E-state index contributed by atoms with van der Waals surface area (Å²) in [6.07, 6.45) is 8.56. The first kappa shape index (κ1) is 20.8. The Morgan fingerprint density at radius 1 is 1.20 bits per heavy atom. The first-order valence-corrected chi connectivity index (χ1v) is 10.8. The number of nitrogens with zero attached hydrogens (tertiary/aromatic N) is 2. The molecule has 7 nitrogen and oxygen atoms in total. The summed E-state index contributed by atoms with van der Waals surface area (Å²) < 4.78 is 5.74. The molecule has 158 valence electrons. The highest BCUT2D eigenvalue weighted by Gasteiger charge is 2.21. The number of fused-ring (bicyclic) bond motifs is 1. The standard InChI is InChI=1S/C21H23Cl2N5O2/c1-2-30-18-9-17-16(8-13(18)20(29)25-12-6-4-3-5-7-12)26-21(27-17)28-19-14(22)10-24-11-15(19)23/h8-12H,2-7H2,1H3,(H,25,29)(H2,24,26,27,28). The Kier molecular flexibility index (Phi) is 6.29. The van der Waals surface area contributed by atoms with Crippen LogP contribution < -0.4 is 15.4 Å². The van der Waals surface area contributed by atoms with E-state index in [9.17, 15) is 4.79 Å². The summed E-state index contributed by atoms with van der Waals surface area (Å²) in [5.74, 6) is 0.839. The van der Waals surface area contributed by atoms with E-state index in [0.717, 1.165) is 31.2 Å². The SMILES string of the molecule is CCOc1cc2[nH]c(Nc3c(Cl)cncc3Cl)nc2cc1C(=O)NC1CCCCC1. The number of aromatic nitrogens is 3. The Hall–Kier alpha value is -2.51. The van der Waals surface area contributed by atoms with Gasteiger partial charge in [-0.3, -0.25) is 9.78 Å². The van der Waals surface area contributed by atoms with Crippen molar-refractivity contribution in [2.24, 2.45) is 0 Å². The molecule has 0 radical (unpaired) electrons. The molecular formula is C21H23Cl2N5O2. The number of benzene rings is 1. The molecule has 2 aromatic heterocycles. The van der Waals surface area contributed by atoms with E-state index < -0.39 is 0 Å². The molecule has 0 atom stereocenters. The minimum absolute atomic E-state index is 0.134. The van der Waals surface area contributed by atoms with Crippen LogP contribution in [0, 0.1) is 0 Å². The van der Waals surface area contributed by atoms with Crippen molar-refractivity contribution < 1.29 is 9.53 Å². The smallest absolute Gasteiger partial charge is 0.255 e. The van der Waals surface area contributed by atoms with Gasteiger partial charge in [-0.05, 0) is 25.8 Å². The maximum Gasteiger partial charge on any atom is 0.255 e. The van der Waals surface area contributed by atoms with Crippen LogP contribution in [0.2, 0.25) is 10.0 Å². The Labute approximate surface area is 184 Å². The second-order valence-electron chi connectivity index (χ2n) is 7.30. The van der Waals surface area contributed by atoms with Crippen molar-refractivity contribution in [1.29, 1.82) is 0 Å². The predicted molar refractivity (Wildman–Crippen MR) is 119 cm³/mol. The van der Waals surface area contributed by atoms with E-state index in [0.29, 0.717) is 45.1 Å². The zero-order valence-corrected chi connectivity index (χ0v) is 18.1. The molecule has 3 aromatic rings. The van der Waals surface area contributed by atoms with E-state index in [1.54, 1.807) is 12.1 Å². The fraction of sp³-hybridized carbons (Fsp3) is 0.381. The quantitative estimate of drug-likeness (QED) is 0.465. The molecule has 3 N–H and O–H groups in total. The predicted octanol–water partition coefficient (Wildman–Crippen LogP) is 5.47. The van der Waals surface area contributed by atoms with Crippen molar-refractivity contribution in [3.63, 3.8) is 0 Å². The van der Waals surface area contributed by atoms with Crippen LogP contribution in [-0.2, 0) is 0 Å². The molecule has 1 aliphatic carbocycles. The lowest BCUT2D eigenvalue weighted by atomic mass is 9.95. The molecule has 0 spiro atoms. The number of rotatable bonds is 6. The Morgan fingerprint density at radius 3 is 2.63 bits per heavy atom. The molecule has 0 saturated heterocycles. The average Bonchev–Trinajstić information content (AvgIpc) is 3.12. The van der Waals surface area contributed by atoms with E-state index in [4.69, 9.17) is 27.9 Å². The van der Waals surface area contributed by atoms with Crippen molar-refractivity contribution in [3.8, 4) is 5.75 Å². The number of nitrogens with one attached hydrogen (secondary N) is 3. The molecule has 1 amide bonds. The van der Waals surface area contributed by atoms with Gasteiger partial charge >= 0.3 is 0 Å². The van der Waals surface area contributed by atoms with Crippen molar-refractivity contribution in [2.45, 2.75) is 45.1 Å². The minimum Gasteiger partial charge on any atom is -0.493 e. The van der Waals surface area contributed by atoms with Crippen LogP contribution in [0.1, 0.15) is 49.4 Å². The van der Waals surface area contributed by atoms with Gasteiger partial charge in [0.05, 0.1) is 38.9 Å². The number of aromatic amines is 1. The van der Waals surface area contributed by atoms with Gasteiger partial charge in [0, 0.05) is 24.5 Å². The number of hydrogen-bond acceptors (Lipinski definition) is 5. The van der Waals surface area contributed by atoms with E-state index in [2.05, 4.69) is 25.6 Å². The van der Waals surface area contributed by atoms with E-state index >= 15 is 0 Å². The van der Waals surface area contributed by atoms with Gasteiger partial charge in [-0.25, -0.2) is 4.98 Å². The van der Waals surface area contributed by atoms with Crippen LogP contribution in [0.15, 0.2) is 24.5 Å². The summed E-state index contributed by atoms with van der Waals surface area (Å²) in [5.41, 5.74) is 2.35. The second kappa shape index (κ2) is 9.10. The van der Waals surface area contributed by atoms with Crippen LogP contribution in [0.25, 0.3) is 11.0 Å². The third-order valence-electron chi connectivity index (χ3n) is 5.16. The largest absolute Gasteiger partial charge is 0.493 e. The van der Waals surface area contributed by atoms with Crippen LogP contribution >= 0.6 is 23.2 Å². The highest BCUT2D eigenvalue weighted by atomic mass is 35.5. The number of ether oxygens (including phenoxy) is 1. The van der Waals surface area contributed by atoms with Gasteiger partial charge in [0.1, 0.15) is 5.75 Å². The van der Waals surface area contributed by atoms with Crippen molar-refractivity contribution in [3.05, 3.63) is 40.1 Å². The first-order valence-electron chi connectivity index (χ1n) is 10.1. The van der Waals surface area contributed by atoms with E-state index in [-0.39, 0.29) is 11.9 Å². The molecule has 1 aromatic carbocycles. The lowest BCUT2D eigenvalue weighted by Gasteiger charge is -2.23. The molecule has 9 heteroatoms. The van der Waals surface area contributed by atoms with Crippen molar-refractivity contribution in [2.75, 3.05) is 11.9 Å². The number of hydrogen-bond donors (Lipinski definition) is 3. The lowest BCUT2D eigenvalue weighted by molar-refractivity contribution is 0.0924. The van der Waals surface area contributed by atoms with Gasteiger partial charge in [-0.2, -0.15) is 0 Å². The summed E-state index contributed by atoms with van der Waals surface area (Å²) in [6.45, 7) is 2.34. The average molecular weight is 448 g/mol. The maximum atomic E-state index is 13.0. The number of H-pyrrole nitrogens is 1. The van der Waals surface area contributed by atoms with Crippen molar-refractivity contribution >= 4 is 51.8 Å². The summed E-state index contributed by atoms with van der Waals surface area (Å²) in [4.78, 5) is 24.6. The number of carbonyl (C=O) groups excluding carboxylic acids is 1. The summed E-state index contributed by atoms with van der Waals surface area (Å²) in [7, 11) is 0. The molecule has 1 aliphatic rings. The van der Waals surface area contributed by atoms with Crippen LogP contribution in [-0.4, -0.2) is 33.5 Å². The summed E-state index contributed by atoms with van der Waals surface area (Å²) in [5, 5.41) is 6.99. The molecular weight excluding hydrogens is 425 g/mol. The Bertz CT molecular complexity index is 1040. The molecule has 4 rings (SSSR count). The number of halogens is 2. The molecule has 0 bridgehead atoms. The molecule has 2 heterocycles. The number of carbonyl (C=O) groups is 1. The van der Waals surface area contributed by atoms with Gasteiger partial charge in [-0.1, -0.05) is 42.5 Å². The van der Waals surface area contributed by atoms with Crippen LogP contribution in [0.3, 0.4) is 0 Å². The minimum atomic E-state index is -0.134. The fourth-order valence-electron chi connectivity index (χ4n) is 3.71. The van der Waals surface area contributed by atoms with Crippen molar-refractivity contribution in [1.82, 2.24) is 20.3 Å². The van der Waals surface area contributed by atoms with Gasteiger partial charge in [0.2, 0.25) is 5.95 Å². The molecule has 30 heavy (non-hydrogen) atoms. The van der Waals surface area contributed by atoms with Gasteiger partial charge in [0.15, 0.2) is 0 Å². The zero-order valence-electron chi connectivity index (χ0n) is 16.6. The van der Waals surface area contributed by atoms with Crippen LogP contribution in [0.4, 0.5) is 11.6 Å². The summed E-state index contributed by atoms with van der Waals surface area (Å²) >= 11 is 12.4. The second-order valence-corrected chi connectivity index (χ2v) is 8.11. The number of anilines is 2. The Balaban J connectivity index is 1.64. The number of pyridine rings is 1. The molecule has 1 fully saturated rings. The first-order chi connectivity index (χ1) is 14.5. The molecule has 0 aliphatic heterocycles. The summed E-state index contributed by atoms with van der Waals surface area (Å²) in [6, 6.07) is 3.75. The van der Waals surface area contributed by atoms with Gasteiger partial charge < -0.3 is 20.4 Å². The maximum absolute atomic E-state index is 13.0. The van der Waals surface area contributed by atoms with E-state index in [1.165, 1.54) is 18.8 Å². The monoisotopic (exact) mass is 447 g/mol. The molecule has 1 saturated carbocycles. The third-order valence-corrected chi connectivity index (χ3v) is 5.74. The van der Waals surface area contributed by atoms with Gasteiger partial charge in [0.25, 0.3) is 5.91 Å². The third kappa shape index (κ3) is 4.47. The van der Waals surface area contributed by atoms with E-state index in [1.807, 2.05) is 6.92 Å². The Morgan fingerprint density at radius 2 is 1.93 bits per heavy atom. The highest BCUT2D eigenvalue weighted by molar-refractivity contribution is 6.39. The zero-order chi connectivity index (χ0) is 21.1. The number of imidazole rings is 1. The lowest BCUT2D eigenvalue weighted by Crippen LogP contribution is -2.36. The molecule has 0 unspecified atom stereocenters. The normalized spacial score (nSPS) is 14.6. The highest BCUT2D eigenvalue weighted by Crippen LogP contribution is 2.32. The number of amides is 1. The van der Waals surface area contributed by atoms with Crippen LogP contribution in [0.5, 0.6) is 5.75 Å². The topological polar surface area (TPSA) is 91.9 Å².